The Morgan fingerprint density at radius 2 is 2.38 bits per heavy atom. The fourth-order valence-electron chi connectivity index (χ4n) is 1.94. The molecule has 0 radical (unpaired) electrons. The molecule has 0 bridgehead atoms. The SMILES string of the molecule is C=C(C)C(OC)c1ccc2c(c1)OCCN2. The van der Waals surface area contributed by atoms with Gasteiger partial charge in [-0.1, -0.05) is 12.6 Å². The first-order valence-corrected chi connectivity index (χ1v) is 5.41. The second kappa shape index (κ2) is 4.58. The van der Waals surface area contributed by atoms with Crippen LogP contribution in [0.1, 0.15) is 18.6 Å². The molecule has 2 rings (SSSR count). The van der Waals surface area contributed by atoms with Crippen LogP contribution in [0.25, 0.3) is 0 Å². The van der Waals surface area contributed by atoms with Crippen LogP contribution in [0.2, 0.25) is 0 Å². The summed E-state index contributed by atoms with van der Waals surface area (Å²) in [6, 6.07) is 6.09. The van der Waals surface area contributed by atoms with E-state index in [0.717, 1.165) is 29.1 Å². The number of nitrogens with one attached hydrogen (secondary N) is 1. The van der Waals surface area contributed by atoms with Crippen molar-refractivity contribution in [2.45, 2.75) is 13.0 Å². The smallest absolute Gasteiger partial charge is 0.142 e. The van der Waals surface area contributed by atoms with Crippen LogP contribution in [0, 0.1) is 0 Å². The highest BCUT2D eigenvalue weighted by Gasteiger charge is 2.15. The monoisotopic (exact) mass is 219 g/mol. The van der Waals surface area contributed by atoms with Crippen molar-refractivity contribution in [2.75, 3.05) is 25.6 Å². The third kappa shape index (κ3) is 2.04. The molecule has 1 aliphatic rings. The van der Waals surface area contributed by atoms with Crippen LogP contribution in [0.5, 0.6) is 5.75 Å². The fourth-order valence-corrected chi connectivity index (χ4v) is 1.94. The minimum atomic E-state index is -0.0594. The Bertz CT molecular complexity index is 401. The summed E-state index contributed by atoms with van der Waals surface area (Å²) in [6.45, 7) is 7.47. The Balaban J connectivity index is 2.32. The molecular formula is C13H17NO2. The molecule has 1 aromatic carbocycles. The predicted octanol–water partition coefficient (Wildman–Crippen LogP) is 2.75. The minimum Gasteiger partial charge on any atom is -0.490 e. The molecule has 16 heavy (non-hydrogen) atoms. The maximum Gasteiger partial charge on any atom is 0.142 e. The number of methoxy groups -OCH3 is 1. The van der Waals surface area contributed by atoms with Crippen molar-refractivity contribution in [1.82, 2.24) is 0 Å². The molecule has 86 valence electrons. The summed E-state index contributed by atoms with van der Waals surface area (Å²) in [7, 11) is 1.69. The molecule has 1 aliphatic heterocycles. The van der Waals surface area contributed by atoms with Crippen molar-refractivity contribution < 1.29 is 9.47 Å². The molecule has 0 amide bonds. The van der Waals surface area contributed by atoms with Gasteiger partial charge in [-0.05, 0) is 30.2 Å². The van der Waals surface area contributed by atoms with Gasteiger partial charge in [-0.3, -0.25) is 0 Å². The zero-order valence-corrected chi connectivity index (χ0v) is 9.75. The van der Waals surface area contributed by atoms with Gasteiger partial charge in [0.15, 0.2) is 0 Å². The van der Waals surface area contributed by atoms with Gasteiger partial charge in [-0.15, -0.1) is 0 Å². The van der Waals surface area contributed by atoms with E-state index in [9.17, 15) is 0 Å². The Labute approximate surface area is 96.1 Å². The summed E-state index contributed by atoms with van der Waals surface area (Å²) in [5.41, 5.74) is 3.12. The molecule has 0 saturated carbocycles. The van der Waals surface area contributed by atoms with E-state index < -0.39 is 0 Å². The zero-order chi connectivity index (χ0) is 11.5. The van der Waals surface area contributed by atoms with Crippen molar-refractivity contribution in [3.05, 3.63) is 35.9 Å². The topological polar surface area (TPSA) is 30.5 Å². The number of rotatable bonds is 3. The van der Waals surface area contributed by atoms with Gasteiger partial charge in [0.05, 0.1) is 5.69 Å². The average Bonchev–Trinajstić information content (AvgIpc) is 2.29. The molecule has 0 aliphatic carbocycles. The van der Waals surface area contributed by atoms with Crippen LogP contribution < -0.4 is 10.1 Å². The highest BCUT2D eigenvalue weighted by atomic mass is 16.5. The maximum absolute atomic E-state index is 5.59. The van der Waals surface area contributed by atoms with Gasteiger partial charge in [0, 0.05) is 13.7 Å². The molecule has 3 nitrogen and oxygen atoms in total. The highest BCUT2D eigenvalue weighted by molar-refractivity contribution is 5.59. The molecular weight excluding hydrogens is 202 g/mol. The van der Waals surface area contributed by atoms with Gasteiger partial charge in [-0.25, -0.2) is 0 Å². The quantitative estimate of drug-likeness (QED) is 0.793. The first-order chi connectivity index (χ1) is 7.72. The van der Waals surface area contributed by atoms with Gasteiger partial charge >= 0.3 is 0 Å². The molecule has 1 heterocycles. The Morgan fingerprint density at radius 3 is 3.06 bits per heavy atom. The third-order valence-corrected chi connectivity index (χ3v) is 2.67. The molecule has 1 atom stereocenters. The zero-order valence-electron chi connectivity index (χ0n) is 9.75. The average molecular weight is 219 g/mol. The number of benzene rings is 1. The van der Waals surface area contributed by atoms with Crippen molar-refractivity contribution >= 4 is 5.69 Å². The lowest BCUT2D eigenvalue weighted by molar-refractivity contribution is 0.133. The molecule has 3 heteroatoms. The number of anilines is 1. The maximum atomic E-state index is 5.59. The van der Waals surface area contributed by atoms with Gasteiger partial charge in [0.1, 0.15) is 18.5 Å². The van der Waals surface area contributed by atoms with E-state index in [-0.39, 0.29) is 6.10 Å². The molecule has 0 fully saturated rings. The van der Waals surface area contributed by atoms with Crippen LogP contribution in [0.3, 0.4) is 0 Å². The second-order valence-electron chi connectivity index (χ2n) is 3.99. The molecule has 0 aromatic heterocycles. The van der Waals surface area contributed by atoms with Crippen LogP contribution >= 0.6 is 0 Å². The van der Waals surface area contributed by atoms with Gasteiger partial charge in [0.25, 0.3) is 0 Å². The number of hydrogen-bond donors (Lipinski definition) is 1. The lowest BCUT2D eigenvalue weighted by Crippen LogP contribution is -2.18. The van der Waals surface area contributed by atoms with E-state index in [0.29, 0.717) is 6.61 Å². The second-order valence-corrected chi connectivity index (χ2v) is 3.99. The Morgan fingerprint density at radius 1 is 1.56 bits per heavy atom. The van der Waals surface area contributed by atoms with E-state index in [1.807, 2.05) is 25.1 Å². The van der Waals surface area contributed by atoms with E-state index in [4.69, 9.17) is 9.47 Å². The molecule has 0 spiro atoms. The van der Waals surface area contributed by atoms with Crippen LogP contribution in [-0.4, -0.2) is 20.3 Å². The van der Waals surface area contributed by atoms with Crippen molar-refractivity contribution in [2.24, 2.45) is 0 Å². The van der Waals surface area contributed by atoms with Gasteiger partial charge in [-0.2, -0.15) is 0 Å². The van der Waals surface area contributed by atoms with E-state index in [1.54, 1.807) is 7.11 Å². The van der Waals surface area contributed by atoms with E-state index in [1.165, 1.54) is 0 Å². The summed E-state index contributed by atoms with van der Waals surface area (Å²) in [5, 5.41) is 3.29. The molecule has 1 unspecified atom stereocenters. The summed E-state index contributed by atoms with van der Waals surface area (Å²) < 4.78 is 11.0. The number of fused-ring (bicyclic) bond motifs is 1. The third-order valence-electron chi connectivity index (χ3n) is 2.67. The van der Waals surface area contributed by atoms with Crippen molar-refractivity contribution in [1.29, 1.82) is 0 Å². The van der Waals surface area contributed by atoms with Crippen LogP contribution in [0.15, 0.2) is 30.4 Å². The summed E-state index contributed by atoms with van der Waals surface area (Å²) in [6.07, 6.45) is -0.0594. The molecule has 1 N–H and O–H groups in total. The lowest BCUT2D eigenvalue weighted by Gasteiger charge is -2.22. The fraction of sp³-hybridized carbons (Fsp3) is 0.385. The van der Waals surface area contributed by atoms with Crippen molar-refractivity contribution in [3.63, 3.8) is 0 Å². The van der Waals surface area contributed by atoms with Gasteiger partial charge < -0.3 is 14.8 Å². The Kier molecular flexibility index (Phi) is 3.15. The first-order valence-electron chi connectivity index (χ1n) is 5.41. The van der Waals surface area contributed by atoms with Crippen LogP contribution in [-0.2, 0) is 4.74 Å². The lowest BCUT2D eigenvalue weighted by atomic mass is 10.0. The number of ether oxygens (including phenoxy) is 2. The summed E-state index contributed by atoms with van der Waals surface area (Å²) in [4.78, 5) is 0. The Hall–Kier alpha value is -1.48. The number of hydrogen-bond acceptors (Lipinski definition) is 3. The van der Waals surface area contributed by atoms with Crippen LogP contribution in [0.4, 0.5) is 5.69 Å². The van der Waals surface area contributed by atoms with E-state index in [2.05, 4.69) is 11.9 Å². The normalized spacial score (nSPS) is 15.6. The molecule has 0 saturated heterocycles. The standard InChI is InChI=1S/C13H17NO2/c1-9(2)13(15-3)10-4-5-11-12(8-10)16-7-6-14-11/h4-5,8,13-14H,1,6-7H2,2-3H3. The van der Waals surface area contributed by atoms with Crippen molar-refractivity contribution in [3.8, 4) is 5.75 Å². The summed E-state index contributed by atoms with van der Waals surface area (Å²) >= 11 is 0. The predicted molar refractivity (Wildman–Crippen MR) is 65.0 cm³/mol. The highest BCUT2D eigenvalue weighted by Crippen LogP contribution is 2.33. The minimum absolute atomic E-state index is 0.0594. The first kappa shape index (κ1) is 11.0. The summed E-state index contributed by atoms with van der Waals surface area (Å²) in [5.74, 6) is 0.895. The van der Waals surface area contributed by atoms with E-state index >= 15 is 0 Å². The largest absolute Gasteiger partial charge is 0.490 e. The van der Waals surface area contributed by atoms with Gasteiger partial charge in [0.2, 0.25) is 0 Å². The molecule has 1 aromatic rings.